The Hall–Kier alpha value is -0.200. The quantitative estimate of drug-likeness (QED) is 0.679. The molecule has 0 bridgehead atoms. The van der Waals surface area contributed by atoms with E-state index in [1.807, 2.05) is 0 Å². The minimum atomic E-state index is -0.370. The van der Waals surface area contributed by atoms with E-state index in [4.69, 9.17) is 9.84 Å². The maximum Gasteiger partial charge on any atom is 0.0900 e. The molecule has 112 valence electrons. The number of aliphatic hydroxyl groups excluding tert-OH is 2. The number of nitrogens with zero attached hydrogens (tertiary/aromatic N) is 2. The normalized spacial score (nSPS) is 24.9. The van der Waals surface area contributed by atoms with Crippen LogP contribution < -0.4 is 0 Å². The first kappa shape index (κ1) is 15.2. The molecule has 2 N–H and O–H groups in total. The van der Waals surface area contributed by atoms with Crippen LogP contribution in [-0.2, 0) is 4.74 Å². The standard InChI is InChI=1S/C14H28N2O3/c17-10-9-15-5-7-16(8-6-15)11-13(18)12-19-14-3-1-2-4-14/h13-14,17-18H,1-12H2. The Balaban J connectivity index is 1.56. The van der Waals surface area contributed by atoms with Gasteiger partial charge in [0.25, 0.3) is 0 Å². The zero-order valence-corrected chi connectivity index (χ0v) is 11.8. The summed E-state index contributed by atoms with van der Waals surface area (Å²) in [6, 6.07) is 0. The van der Waals surface area contributed by atoms with Crippen molar-refractivity contribution in [2.24, 2.45) is 0 Å². The van der Waals surface area contributed by atoms with Crippen molar-refractivity contribution in [1.29, 1.82) is 0 Å². The highest BCUT2D eigenvalue weighted by molar-refractivity contribution is 4.74. The lowest BCUT2D eigenvalue weighted by molar-refractivity contribution is -0.0237. The topological polar surface area (TPSA) is 56.2 Å². The zero-order valence-electron chi connectivity index (χ0n) is 11.8. The monoisotopic (exact) mass is 272 g/mol. The van der Waals surface area contributed by atoms with Crippen LogP contribution in [0.5, 0.6) is 0 Å². The summed E-state index contributed by atoms with van der Waals surface area (Å²) in [6.07, 6.45) is 4.88. The van der Waals surface area contributed by atoms with Crippen LogP contribution >= 0.6 is 0 Å². The average molecular weight is 272 g/mol. The van der Waals surface area contributed by atoms with Crippen LogP contribution in [0.2, 0.25) is 0 Å². The fraction of sp³-hybridized carbons (Fsp3) is 1.00. The molecule has 0 aromatic heterocycles. The Morgan fingerprint density at radius 3 is 2.32 bits per heavy atom. The summed E-state index contributed by atoms with van der Waals surface area (Å²) in [7, 11) is 0. The van der Waals surface area contributed by atoms with Crippen LogP contribution in [0.15, 0.2) is 0 Å². The van der Waals surface area contributed by atoms with E-state index in [9.17, 15) is 5.11 Å². The minimum absolute atomic E-state index is 0.234. The molecule has 1 saturated heterocycles. The van der Waals surface area contributed by atoms with Gasteiger partial charge in [0, 0.05) is 39.3 Å². The Labute approximate surface area is 116 Å². The van der Waals surface area contributed by atoms with E-state index < -0.39 is 0 Å². The maximum absolute atomic E-state index is 10.0. The van der Waals surface area contributed by atoms with Gasteiger partial charge in [-0.1, -0.05) is 12.8 Å². The molecule has 0 spiro atoms. The van der Waals surface area contributed by atoms with E-state index in [2.05, 4.69) is 9.80 Å². The molecular formula is C14H28N2O3. The summed E-state index contributed by atoms with van der Waals surface area (Å²) in [4.78, 5) is 4.55. The predicted octanol–water partition coefficient (Wildman–Crippen LogP) is -0.0836. The summed E-state index contributed by atoms with van der Waals surface area (Å²) in [5.74, 6) is 0. The Morgan fingerprint density at radius 2 is 1.68 bits per heavy atom. The van der Waals surface area contributed by atoms with Gasteiger partial charge in [0.2, 0.25) is 0 Å². The van der Waals surface area contributed by atoms with Gasteiger partial charge in [0.15, 0.2) is 0 Å². The molecule has 1 atom stereocenters. The minimum Gasteiger partial charge on any atom is -0.395 e. The van der Waals surface area contributed by atoms with Gasteiger partial charge in [-0.2, -0.15) is 0 Å². The number of hydrogen-bond donors (Lipinski definition) is 2. The summed E-state index contributed by atoms with van der Waals surface area (Å²) in [5, 5.41) is 18.9. The lowest BCUT2D eigenvalue weighted by Gasteiger charge is -2.35. The molecule has 2 fully saturated rings. The SMILES string of the molecule is OCCN1CCN(CC(O)COC2CCCC2)CC1. The molecule has 1 aliphatic heterocycles. The first-order valence-corrected chi connectivity index (χ1v) is 7.63. The van der Waals surface area contributed by atoms with Gasteiger partial charge in [0.05, 0.1) is 25.4 Å². The third kappa shape index (κ3) is 5.36. The van der Waals surface area contributed by atoms with E-state index in [1.165, 1.54) is 12.8 Å². The van der Waals surface area contributed by atoms with Crippen molar-refractivity contribution in [2.45, 2.75) is 37.9 Å². The molecule has 5 heteroatoms. The number of aliphatic hydroxyl groups is 2. The van der Waals surface area contributed by atoms with Gasteiger partial charge in [-0.25, -0.2) is 0 Å². The highest BCUT2D eigenvalue weighted by Crippen LogP contribution is 2.20. The first-order valence-electron chi connectivity index (χ1n) is 7.63. The molecule has 1 aliphatic carbocycles. The van der Waals surface area contributed by atoms with Crippen molar-refractivity contribution < 1.29 is 14.9 Å². The van der Waals surface area contributed by atoms with Crippen molar-refractivity contribution in [3.05, 3.63) is 0 Å². The molecule has 0 amide bonds. The lowest BCUT2D eigenvalue weighted by Crippen LogP contribution is -2.49. The van der Waals surface area contributed by atoms with E-state index in [1.54, 1.807) is 0 Å². The Morgan fingerprint density at radius 1 is 1.05 bits per heavy atom. The lowest BCUT2D eigenvalue weighted by atomic mass is 10.2. The second kappa shape index (κ2) is 8.17. The summed E-state index contributed by atoms with van der Waals surface area (Å²) < 4.78 is 5.75. The zero-order chi connectivity index (χ0) is 13.5. The van der Waals surface area contributed by atoms with Crippen LogP contribution in [0.4, 0.5) is 0 Å². The molecule has 0 aromatic rings. The number of hydrogen-bond acceptors (Lipinski definition) is 5. The number of piperazine rings is 1. The van der Waals surface area contributed by atoms with E-state index in [0.717, 1.165) is 45.6 Å². The average Bonchev–Trinajstić information content (AvgIpc) is 2.92. The van der Waals surface area contributed by atoms with Gasteiger partial charge in [-0.15, -0.1) is 0 Å². The fourth-order valence-corrected chi connectivity index (χ4v) is 2.99. The van der Waals surface area contributed by atoms with Gasteiger partial charge in [0.1, 0.15) is 0 Å². The molecular weight excluding hydrogens is 244 g/mol. The predicted molar refractivity (Wildman–Crippen MR) is 74.2 cm³/mol. The maximum atomic E-state index is 10.0. The third-order valence-electron chi connectivity index (χ3n) is 4.18. The Bertz CT molecular complexity index is 239. The van der Waals surface area contributed by atoms with Crippen molar-refractivity contribution >= 4 is 0 Å². The largest absolute Gasteiger partial charge is 0.395 e. The number of ether oxygens (including phenoxy) is 1. The smallest absolute Gasteiger partial charge is 0.0900 e. The van der Waals surface area contributed by atoms with Crippen LogP contribution in [-0.4, -0.2) is 84.7 Å². The molecule has 5 nitrogen and oxygen atoms in total. The first-order chi connectivity index (χ1) is 9.28. The summed E-state index contributed by atoms with van der Waals surface area (Å²) >= 11 is 0. The number of β-amino-alcohol motifs (C(OH)–C–C–N with tert-alkyl or cyclic N) is 2. The molecule has 19 heavy (non-hydrogen) atoms. The molecule has 0 aromatic carbocycles. The van der Waals surface area contributed by atoms with Crippen molar-refractivity contribution in [3.63, 3.8) is 0 Å². The van der Waals surface area contributed by atoms with Crippen LogP contribution in [0.3, 0.4) is 0 Å². The molecule has 1 saturated carbocycles. The summed E-state index contributed by atoms with van der Waals surface area (Å²) in [6.45, 7) is 6.09. The second-order valence-corrected chi connectivity index (χ2v) is 5.76. The van der Waals surface area contributed by atoms with Gasteiger partial charge in [-0.05, 0) is 12.8 Å². The Kier molecular flexibility index (Phi) is 6.53. The van der Waals surface area contributed by atoms with Crippen LogP contribution in [0.1, 0.15) is 25.7 Å². The fourth-order valence-electron chi connectivity index (χ4n) is 2.99. The number of rotatable bonds is 7. The van der Waals surface area contributed by atoms with Crippen molar-refractivity contribution in [3.8, 4) is 0 Å². The highest BCUT2D eigenvalue weighted by Gasteiger charge is 2.21. The van der Waals surface area contributed by atoms with Crippen molar-refractivity contribution in [2.75, 3.05) is 52.5 Å². The second-order valence-electron chi connectivity index (χ2n) is 5.76. The molecule has 2 aliphatic rings. The molecule has 2 rings (SSSR count). The van der Waals surface area contributed by atoms with E-state index >= 15 is 0 Å². The van der Waals surface area contributed by atoms with Gasteiger partial charge < -0.3 is 14.9 Å². The third-order valence-corrected chi connectivity index (χ3v) is 4.18. The van der Waals surface area contributed by atoms with Crippen LogP contribution in [0, 0.1) is 0 Å². The van der Waals surface area contributed by atoms with Gasteiger partial charge >= 0.3 is 0 Å². The summed E-state index contributed by atoms with van der Waals surface area (Å²) in [5.41, 5.74) is 0. The van der Waals surface area contributed by atoms with Crippen molar-refractivity contribution in [1.82, 2.24) is 9.80 Å². The highest BCUT2D eigenvalue weighted by atomic mass is 16.5. The molecule has 0 radical (unpaired) electrons. The molecule has 1 unspecified atom stereocenters. The van der Waals surface area contributed by atoms with E-state index in [0.29, 0.717) is 19.3 Å². The van der Waals surface area contributed by atoms with E-state index in [-0.39, 0.29) is 12.7 Å². The van der Waals surface area contributed by atoms with Crippen LogP contribution in [0.25, 0.3) is 0 Å². The van der Waals surface area contributed by atoms with Gasteiger partial charge in [-0.3, -0.25) is 9.80 Å². The molecule has 1 heterocycles.